The molecular weight excluding hydrogens is 358 g/mol. The van der Waals surface area contributed by atoms with Crippen molar-refractivity contribution in [3.63, 3.8) is 0 Å². The largest absolute Gasteiger partial charge is 0.497 e. The van der Waals surface area contributed by atoms with Crippen LogP contribution in [0.5, 0.6) is 5.75 Å². The second-order valence-electron chi connectivity index (χ2n) is 6.61. The first-order valence-corrected chi connectivity index (χ1v) is 9.00. The Hall–Kier alpha value is -3.28. The van der Waals surface area contributed by atoms with Crippen molar-refractivity contribution in [1.82, 2.24) is 4.90 Å². The second-order valence-corrected chi connectivity index (χ2v) is 6.61. The number of likely N-dealkylation sites (N-methyl/N-ethyl adjacent to an activating group) is 1. The number of amides is 1. The van der Waals surface area contributed by atoms with E-state index in [2.05, 4.69) is 0 Å². The van der Waals surface area contributed by atoms with Crippen LogP contribution in [0.15, 0.2) is 59.2 Å². The standard InChI is InChI=1S/C22H23NO5/c1-15(22(25)23(2)13-16-7-5-4-6-8-16)28-21(24)11-17-14-27-20-12-18(26-3)9-10-19(17)20/h4-10,12,14-15H,11,13H2,1-3H3/t15-/m1/s1. The predicted molar refractivity (Wildman–Crippen MR) is 105 cm³/mol. The smallest absolute Gasteiger partial charge is 0.311 e. The highest BCUT2D eigenvalue weighted by Crippen LogP contribution is 2.26. The van der Waals surface area contributed by atoms with Gasteiger partial charge in [-0.25, -0.2) is 0 Å². The summed E-state index contributed by atoms with van der Waals surface area (Å²) in [6.45, 7) is 2.04. The minimum atomic E-state index is -0.862. The van der Waals surface area contributed by atoms with Crippen LogP contribution in [0.25, 0.3) is 11.0 Å². The molecule has 0 unspecified atom stereocenters. The minimum Gasteiger partial charge on any atom is -0.497 e. The van der Waals surface area contributed by atoms with Gasteiger partial charge < -0.3 is 18.8 Å². The Bertz CT molecular complexity index is 963. The van der Waals surface area contributed by atoms with Gasteiger partial charge in [0.15, 0.2) is 6.10 Å². The lowest BCUT2D eigenvalue weighted by atomic mass is 10.1. The number of hydrogen-bond acceptors (Lipinski definition) is 5. The van der Waals surface area contributed by atoms with Crippen LogP contribution in [0.3, 0.4) is 0 Å². The first-order chi connectivity index (χ1) is 13.5. The molecule has 28 heavy (non-hydrogen) atoms. The average Bonchev–Trinajstić information content (AvgIpc) is 3.09. The zero-order chi connectivity index (χ0) is 20.1. The molecule has 0 spiro atoms. The van der Waals surface area contributed by atoms with Gasteiger partial charge in [0.05, 0.1) is 19.8 Å². The van der Waals surface area contributed by atoms with Crippen molar-refractivity contribution < 1.29 is 23.5 Å². The lowest BCUT2D eigenvalue weighted by Gasteiger charge is -2.21. The zero-order valence-corrected chi connectivity index (χ0v) is 16.2. The summed E-state index contributed by atoms with van der Waals surface area (Å²) < 4.78 is 16.0. The third kappa shape index (κ3) is 4.52. The van der Waals surface area contributed by atoms with Gasteiger partial charge in [0, 0.05) is 30.6 Å². The van der Waals surface area contributed by atoms with Crippen LogP contribution < -0.4 is 4.74 Å². The number of nitrogens with zero attached hydrogens (tertiary/aromatic N) is 1. The van der Waals surface area contributed by atoms with Gasteiger partial charge in [0.2, 0.25) is 0 Å². The molecule has 0 bridgehead atoms. The van der Waals surface area contributed by atoms with E-state index < -0.39 is 12.1 Å². The van der Waals surface area contributed by atoms with E-state index in [0.29, 0.717) is 23.4 Å². The fourth-order valence-electron chi connectivity index (χ4n) is 3.02. The summed E-state index contributed by atoms with van der Waals surface area (Å²) in [7, 11) is 3.27. The van der Waals surface area contributed by atoms with E-state index in [9.17, 15) is 9.59 Å². The fraction of sp³-hybridized carbons (Fsp3) is 0.273. The van der Waals surface area contributed by atoms with Crippen LogP contribution >= 0.6 is 0 Å². The molecule has 0 saturated heterocycles. The maximum atomic E-state index is 12.5. The number of carbonyl (C=O) groups excluding carboxylic acids is 2. The van der Waals surface area contributed by atoms with Crippen molar-refractivity contribution in [3.05, 3.63) is 65.9 Å². The molecule has 2 aromatic carbocycles. The van der Waals surface area contributed by atoms with Crippen molar-refractivity contribution in [1.29, 1.82) is 0 Å². The summed E-state index contributed by atoms with van der Waals surface area (Å²) in [6, 6.07) is 15.0. The first kappa shape index (κ1) is 19.5. The van der Waals surface area contributed by atoms with Gasteiger partial charge >= 0.3 is 5.97 Å². The van der Waals surface area contributed by atoms with Crippen LogP contribution in [0.1, 0.15) is 18.1 Å². The Morgan fingerprint density at radius 3 is 2.61 bits per heavy atom. The summed E-state index contributed by atoms with van der Waals surface area (Å²) in [5.41, 5.74) is 2.35. The molecule has 1 heterocycles. The topological polar surface area (TPSA) is 69.0 Å². The third-order valence-electron chi connectivity index (χ3n) is 4.49. The van der Waals surface area contributed by atoms with Crippen molar-refractivity contribution in [2.75, 3.05) is 14.2 Å². The normalized spacial score (nSPS) is 11.8. The quantitative estimate of drug-likeness (QED) is 0.585. The lowest BCUT2D eigenvalue weighted by Crippen LogP contribution is -2.37. The number of furan rings is 1. The van der Waals surface area contributed by atoms with E-state index >= 15 is 0 Å². The van der Waals surface area contributed by atoms with Gasteiger partial charge in [-0.3, -0.25) is 9.59 Å². The maximum absolute atomic E-state index is 12.5. The number of methoxy groups -OCH3 is 1. The molecule has 6 nitrogen and oxygen atoms in total. The Balaban J connectivity index is 1.58. The van der Waals surface area contributed by atoms with E-state index in [0.717, 1.165) is 10.9 Å². The summed E-state index contributed by atoms with van der Waals surface area (Å²) in [4.78, 5) is 26.3. The molecule has 1 atom stereocenters. The van der Waals surface area contributed by atoms with Gasteiger partial charge in [0.25, 0.3) is 5.91 Å². The molecule has 3 rings (SSSR count). The van der Waals surface area contributed by atoms with Crippen molar-refractivity contribution in [2.24, 2.45) is 0 Å². The van der Waals surface area contributed by atoms with Crippen LogP contribution in [0.2, 0.25) is 0 Å². The molecular formula is C22H23NO5. The first-order valence-electron chi connectivity index (χ1n) is 9.00. The fourth-order valence-corrected chi connectivity index (χ4v) is 3.02. The zero-order valence-electron chi connectivity index (χ0n) is 16.2. The van der Waals surface area contributed by atoms with Crippen molar-refractivity contribution in [3.8, 4) is 5.75 Å². The van der Waals surface area contributed by atoms with Gasteiger partial charge in [0.1, 0.15) is 11.3 Å². The molecule has 6 heteroatoms. The van der Waals surface area contributed by atoms with E-state index in [-0.39, 0.29) is 12.3 Å². The number of carbonyl (C=O) groups is 2. The van der Waals surface area contributed by atoms with Crippen LogP contribution in [0, 0.1) is 0 Å². The Morgan fingerprint density at radius 2 is 1.89 bits per heavy atom. The van der Waals surface area contributed by atoms with Crippen molar-refractivity contribution >= 4 is 22.8 Å². The van der Waals surface area contributed by atoms with Gasteiger partial charge in [-0.15, -0.1) is 0 Å². The Labute approximate surface area is 163 Å². The van der Waals surface area contributed by atoms with Crippen LogP contribution in [0.4, 0.5) is 0 Å². The number of esters is 1. The monoisotopic (exact) mass is 381 g/mol. The van der Waals surface area contributed by atoms with Crippen LogP contribution in [-0.2, 0) is 27.3 Å². The highest BCUT2D eigenvalue weighted by Gasteiger charge is 2.22. The molecule has 0 N–H and O–H groups in total. The molecule has 3 aromatic rings. The van der Waals surface area contributed by atoms with E-state index in [4.69, 9.17) is 13.9 Å². The number of hydrogen-bond donors (Lipinski definition) is 0. The van der Waals surface area contributed by atoms with E-state index in [1.165, 1.54) is 6.26 Å². The summed E-state index contributed by atoms with van der Waals surface area (Å²) in [5, 5.41) is 0.818. The highest BCUT2D eigenvalue weighted by atomic mass is 16.5. The summed E-state index contributed by atoms with van der Waals surface area (Å²) >= 11 is 0. The number of ether oxygens (including phenoxy) is 2. The molecule has 0 aliphatic carbocycles. The van der Waals surface area contributed by atoms with Crippen LogP contribution in [-0.4, -0.2) is 37.0 Å². The summed E-state index contributed by atoms with van der Waals surface area (Å²) in [5.74, 6) is -0.0527. The minimum absolute atomic E-state index is 0.0271. The highest BCUT2D eigenvalue weighted by molar-refractivity contribution is 5.88. The molecule has 0 radical (unpaired) electrons. The lowest BCUT2D eigenvalue weighted by molar-refractivity contribution is -0.158. The number of benzene rings is 2. The molecule has 0 fully saturated rings. The molecule has 146 valence electrons. The Morgan fingerprint density at radius 1 is 1.14 bits per heavy atom. The molecule has 0 aliphatic rings. The number of fused-ring (bicyclic) bond motifs is 1. The van der Waals surface area contributed by atoms with E-state index in [1.54, 1.807) is 38.1 Å². The third-order valence-corrected chi connectivity index (χ3v) is 4.49. The molecule has 0 saturated carbocycles. The number of rotatable bonds is 7. The van der Waals surface area contributed by atoms with Crippen molar-refractivity contribution in [2.45, 2.75) is 26.0 Å². The van der Waals surface area contributed by atoms with Gasteiger partial charge in [-0.05, 0) is 24.6 Å². The molecule has 0 aliphatic heterocycles. The predicted octanol–water partition coefficient (Wildman–Crippen LogP) is 3.57. The second kappa shape index (κ2) is 8.61. The van der Waals surface area contributed by atoms with Gasteiger partial charge in [-0.2, -0.15) is 0 Å². The molecule has 1 aromatic heterocycles. The molecule has 1 amide bonds. The SMILES string of the molecule is COc1ccc2c(CC(=O)O[C@H](C)C(=O)N(C)Cc3ccccc3)coc2c1. The van der Waals surface area contributed by atoms with E-state index in [1.807, 2.05) is 36.4 Å². The van der Waals surface area contributed by atoms with Gasteiger partial charge in [-0.1, -0.05) is 30.3 Å². The average molecular weight is 381 g/mol. The Kier molecular flexibility index (Phi) is 5.99. The summed E-state index contributed by atoms with van der Waals surface area (Å²) in [6.07, 6.45) is 0.693. The maximum Gasteiger partial charge on any atom is 0.311 e.